The van der Waals surface area contributed by atoms with Gasteiger partial charge >= 0.3 is 17.9 Å². The van der Waals surface area contributed by atoms with Crippen molar-refractivity contribution in [1.29, 1.82) is 0 Å². The molecule has 342 valence electrons. The van der Waals surface area contributed by atoms with Crippen molar-refractivity contribution in [3.63, 3.8) is 0 Å². The van der Waals surface area contributed by atoms with Gasteiger partial charge in [0.25, 0.3) is 0 Å². The van der Waals surface area contributed by atoms with E-state index in [9.17, 15) is 19.5 Å². The number of rotatable bonds is 41. The molecule has 0 aliphatic heterocycles. The Labute approximate surface area is 367 Å². The topological polar surface area (TPSA) is 99.1 Å². The van der Waals surface area contributed by atoms with Crippen LogP contribution in [0, 0.1) is 0 Å². The molecule has 8 nitrogen and oxygen atoms in total. The first-order valence-corrected chi connectivity index (χ1v) is 23.6. The van der Waals surface area contributed by atoms with E-state index >= 15 is 0 Å². The third-order valence-corrected chi connectivity index (χ3v) is 10.0. The first kappa shape index (κ1) is 56.5. The minimum atomic E-state index is -0.888. The number of ether oxygens (including phenoxy) is 3. The fourth-order valence-electron chi connectivity index (χ4n) is 6.39. The highest BCUT2D eigenvalue weighted by Crippen LogP contribution is 2.13. The predicted molar refractivity (Wildman–Crippen MR) is 252 cm³/mol. The Morgan fingerprint density at radius 2 is 0.950 bits per heavy atom. The number of carboxylic acids is 1. The van der Waals surface area contributed by atoms with Gasteiger partial charge in [-0.2, -0.15) is 0 Å². The summed E-state index contributed by atoms with van der Waals surface area (Å²) < 4.78 is 17.2. The van der Waals surface area contributed by atoms with Crippen LogP contribution >= 0.6 is 0 Å². The van der Waals surface area contributed by atoms with Crippen molar-refractivity contribution in [3.05, 3.63) is 85.1 Å². The smallest absolute Gasteiger partial charge is 0.362 e. The molecule has 0 radical (unpaired) electrons. The number of hydrogen-bond acceptors (Lipinski definition) is 6. The molecule has 0 aromatic rings. The van der Waals surface area contributed by atoms with Crippen molar-refractivity contribution in [2.75, 3.05) is 41.0 Å². The lowest BCUT2D eigenvalue weighted by Gasteiger charge is -2.31. The summed E-state index contributed by atoms with van der Waals surface area (Å²) in [5.41, 5.74) is 0. The summed E-state index contributed by atoms with van der Waals surface area (Å²) in [5, 5.41) is 9.63. The van der Waals surface area contributed by atoms with E-state index in [1.807, 2.05) is 21.1 Å². The lowest BCUT2D eigenvalue weighted by Crippen LogP contribution is -2.50. The van der Waals surface area contributed by atoms with Crippen LogP contribution in [0.2, 0.25) is 0 Å². The van der Waals surface area contributed by atoms with Gasteiger partial charge in [-0.15, -0.1) is 0 Å². The average Bonchev–Trinajstić information content (AvgIpc) is 3.21. The Hall–Kier alpha value is -3.49. The molecule has 0 fully saturated rings. The molecular formula is C52H88NO7+. The van der Waals surface area contributed by atoms with Crippen LogP contribution in [0.5, 0.6) is 0 Å². The van der Waals surface area contributed by atoms with E-state index in [-0.39, 0.29) is 42.7 Å². The minimum Gasteiger partial charge on any atom is -0.477 e. The summed E-state index contributed by atoms with van der Waals surface area (Å²) in [5.74, 6) is -1.56. The van der Waals surface area contributed by atoms with Gasteiger partial charge in [-0.25, -0.2) is 4.79 Å². The molecule has 60 heavy (non-hydrogen) atoms. The van der Waals surface area contributed by atoms with E-state index in [0.717, 1.165) is 77.0 Å². The van der Waals surface area contributed by atoms with Crippen LogP contribution in [-0.2, 0) is 28.6 Å². The van der Waals surface area contributed by atoms with Gasteiger partial charge in [-0.3, -0.25) is 9.59 Å². The zero-order chi connectivity index (χ0) is 44.2. The molecular weight excluding hydrogens is 751 g/mol. The molecule has 0 bridgehead atoms. The maximum atomic E-state index is 12.7. The van der Waals surface area contributed by atoms with Crippen LogP contribution in [0.3, 0.4) is 0 Å². The Morgan fingerprint density at radius 3 is 1.43 bits per heavy atom. The summed E-state index contributed by atoms with van der Waals surface area (Å²) in [6.07, 6.45) is 54.9. The number of unbranched alkanes of at least 4 members (excludes halogenated alkanes) is 13. The number of carbonyl (C=O) groups excluding carboxylic acids is 2. The number of quaternary nitrogens is 1. The summed E-state index contributed by atoms with van der Waals surface area (Å²) in [6.45, 7) is 4.54. The van der Waals surface area contributed by atoms with Gasteiger partial charge in [0.05, 0.1) is 34.4 Å². The number of carbonyl (C=O) groups is 3. The van der Waals surface area contributed by atoms with Gasteiger partial charge < -0.3 is 23.8 Å². The van der Waals surface area contributed by atoms with Crippen LogP contribution in [0.25, 0.3) is 0 Å². The molecule has 8 heteroatoms. The molecule has 2 atom stereocenters. The molecule has 1 N–H and O–H groups in total. The number of carboxylic acid groups (broad SMARTS) is 1. The van der Waals surface area contributed by atoms with Gasteiger partial charge in [0.2, 0.25) is 0 Å². The summed E-state index contributed by atoms with van der Waals surface area (Å²) >= 11 is 0. The van der Waals surface area contributed by atoms with Crippen LogP contribution in [-0.4, -0.2) is 80.6 Å². The number of esters is 2. The fraction of sp³-hybridized carbons (Fsp3) is 0.673. The zero-order valence-corrected chi connectivity index (χ0v) is 38.9. The first-order valence-electron chi connectivity index (χ1n) is 23.6. The highest BCUT2D eigenvalue weighted by Gasteiger charge is 2.31. The molecule has 0 aromatic carbocycles. The normalized spacial score (nSPS) is 13.7. The number of likely N-dealkylation sites (N-methyl/N-ethyl adjacent to an activating group) is 1. The summed E-state index contributed by atoms with van der Waals surface area (Å²) in [6, 6.07) is -0.630. The minimum absolute atomic E-state index is 0.0316. The number of allylic oxidation sites excluding steroid dienone is 14. The lowest BCUT2D eigenvalue weighted by atomic mass is 10.1. The third kappa shape index (κ3) is 39.9. The van der Waals surface area contributed by atoms with Crippen molar-refractivity contribution < 1.29 is 38.2 Å². The second-order valence-electron chi connectivity index (χ2n) is 16.6. The molecule has 0 amide bonds. The van der Waals surface area contributed by atoms with Crippen LogP contribution < -0.4 is 0 Å². The number of hydrogen-bond donors (Lipinski definition) is 1. The molecule has 0 rings (SSSR count). The van der Waals surface area contributed by atoms with E-state index in [1.54, 1.807) is 0 Å². The monoisotopic (exact) mass is 839 g/mol. The standard InChI is InChI=1S/C52H87NO7/c1-6-8-10-12-14-16-18-20-22-24-25-27-28-30-32-34-36-38-40-42-50(54)59-47-48(46-58-45-44-49(52(56)57)53(3,4)5)60-51(55)43-41-39-37-35-33-31-29-26-23-21-19-17-15-13-11-9-7-2/h8,10,14,16,20-23,25,27,29,31,35,37,48-49H,6-7,9,11-13,15,17-19,24,26,28,30,32-34,36,38-47H2,1-5H3/p+1/b10-8+,16-14+,22-20+,23-21+,27-25+,31-29+,37-35+. The maximum absolute atomic E-state index is 12.7. The highest BCUT2D eigenvalue weighted by molar-refractivity contribution is 5.72. The molecule has 0 spiro atoms. The Bertz CT molecular complexity index is 1250. The van der Waals surface area contributed by atoms with Crippen molar-refractivity contribution in [2.45, 2.75) is 187 Å². The Kier molecular flexibility index (Phi) is 39.8. The third-order valence-electron chi connectivity index (χ3n) is 10.0. The van der Waals surface area contributed by atoms with E-state index in [0.29, 0.717) is 19.3 Å². The van der Waals surface area contributed by atoms with Gasteiger partial charge in [0.1, 0.15) is 6.61 Å². The quantitative estimate of drug-likeness (QED) is 0.0283. The molecule has 0 aromatic heterocycles. The zero-order valence-electron chi connectivity index (χ0n) is 38.9. The first-order chi connectivity index (χ1) is 29.1. The molecule has 0 saturated heterocycles. The van der Waals surface area contributed by atoms with E-state index in [2.05, 4.69) is 98.9 Å². The SMILES string of the molecule is CC/C=C/C/C=C/C/C=C/C/C=C/CCCCCCCCC(=O)OCC(COCCC(C(=O)O)[N+](C)(C)C)OC(=O)CCC/C=C/C/C=C/C/C=C/CCCCCCCC. The highest BCUT2D eigenvalue weighted by atomic mass is 16.6. The Morgan fingerprint density at radius 1 is 0.517 bits per heavy atom. The second-order valence-corrected chi connectivity index (χ2v) is 16.6. The summed E-state index contributed by atoms with van der Waals surface area (Å²) in [4.78, 5) is 37.0. The van der Waals surface area contributed by atoms with E-state index < -0.39 is 18.1 Å². The van der Waals surface area contributed by atoms with Crippen LogP contribution in [0.15, 0.2) is 85.1 Å². The number of nitrogens with zero attached hydrogens (tertiary/aromatic N) is 1. The van der Waals surface area contributed by atoms with Crippen molar-refractivity contribution in [3.8, 4) is 0 Å². The van der Waals surface area contributed by atoms with Gasteiger partial charge in [0.15, 0.2) is 12.1 Å². The average molecular weight is 839 g/mol. The molecule has 0 aliphatic carbocycles. The maximum Gasteiger partial charge on any atom is 0.362 e. The van der Waals surface area contributed by atoms with E-state index in [4.69, 9.17) is 14.2 Å². The van der Waals surface area contributed by atoms with Gasteiger partial charge in [-0.05, 0) is 83.5 Å². The second kappa shape index (κ2) is 42.2. The fourth-order valence-corrected chi connectivity index (χ4v) is 6.39. The van der Waals surface area contributed by atoms with Crippen LogP contribution in [0.1, 0.15) is 174 Å². The Balaban J connectivity index is 4.42. The number of aliphatic carboxylic acids is 1. The van der Waals surface area contributed by atoms with Gasteiger partial charge in [0, 0.05) is 19.3 Å². The summed E-state index contributed by atoms with van der Waals surface area (Å²) in [7, 11) is 5.50. The largest absolute Gasteiger partial charge is 0.477 e. The van der Waals surface area contributed by atoms with Crippen molar-refractivity contribution in [2.24, 2.45) is 0 Å². The van der Waals surface area contributed by atoms with Crippen LogP contribution in [0.4, 0.5) is 0 Å². The molecule has 0 aliphatic rings. The molecule has 0 heterocycles. The van der Waals surface area contributed by atoms with Crippen molar-refractivity contribution in [1.82, 2.24) is 0 Å². The predicted octanol–water partition coefficient (Wildman–Crippen LogP) is 13.3. The van der Waals surface area contributed by atoms with E-state index in [1.165, 1.54) is 57.8 Å². The molecule has 0 saturated carbocycles. The lowest BCUT2D eigenvalue weighted by molar-refractivity contribution is -0.887. The van der Waals surface area contributed by atoms with Crippen molar-refractivity contribution >= 4 is 17.9 Å². The van der Waals surface area contributed by atoms with Gasteiger partial charge in [-0.1, -0.05) is 157 Å². The molecule has 2 unspecified atom stereocenters.